The van der Waals surface area contributed by atoms with Crippen LogP contribution < -0.4 is 0 Å². The minimum Gasteiger partial charge on any atom is -0.363 e. The van der Waals surface area contributed by atoms with Crippen LogP contribution in [0.25, 0.3) is 0 Å². The predicted molar refractivity (Wildman–Crippen MR) is 56.5 cm³/mol. The highest BCUT2D eigenvalue weighted by molar-refractivity contribution is 4.53. The van der Waals surface area contributed by atoms with E-state index in [1.807, 2.05) is 0 Å². The van der Waals surface area contributed by atoms with E-state index in [1.54, 1.807) is 0 Å². The van der Waals surface area contributed by atoms with Gasteiger partial charge in [-0.25, -0.2) is 8.78 Å². The first-order chi connectivity index (χ1) is 9.83. The normalized spacial score (nSPS) is 12.9. The van der Waals surface area contributed by atoms with Crippen LogP contribution in [0.1, 0.15) is 0 Å². The van der Waals surface area contributed by atoms with Crippen molar-refractivity contribution in [2.45, 2.75) is 12.2 Å². The van der Waals surface area contributed by atoms with Crippen LogP contribution in [0, 0.1) is 0 Å². The predicted octanol–water partition coefficient (Wildman–Crippen LogP) is 2.11. The van der Waals surface area contributed by atoms with E-state index in [-0.39, 0.29) is 0 Å². The molecule has 0 heterocycles. The molecule has 128 valence electrons. The molecule has 0 unspecified atom stereocenters. The number of alkyl halides is 6. The standard InChI is InChI=1S/C10H16F6O5/c11-1-3-17-7-20-9(13,14)5-19-6-10(15,16)21-8-18-4-2-12/h1-8H2. The molecule has 0 aliphatic rings. The molecule has 0 radical (unpaired) electrons. The second kappa shape index (κ2) is 11.0. The summed E-state index contributed by atoms with van der Waals surface area (Å²) < 4.78 is 95.1. The molecule has 0 aliphatic heterocycles. The lowest BCUT2D eigenvalue weighted by Crippen LogP contribution is -2.34. The van der Waals surface area contributed by atoms with Crippen molar-refractivity contribution in [3.05, 3.63) is 0 Å². The molecule has 0 saturated heterocycles. The SMILES string of the molecule is FCCOCOC(F)(F)COCC(F)(F)OCOCCF. The number of hydrogen-bond donors (Lipinski definition) is 0. The molecule has 11 heteroatoms. The molecule has 0 atom stereocenters. The van der Waals surface area contributed by atoms with Crippen LogP contribution in [0.3, 0.4) is 0 Å². The summed E-state index contributed by atoms with van der Waals surface area (Å²) in [4.78, 5) is 0. The first kappa shape index (κ1) is 20.4. The Hall–Kier alpha value is -0.620. The van der Waals surface area contributed by atoms with Gasteiger partial charge in [0.05, 0.1) is 13.2 Å². The topological polar surface area (TPSA) is 46.2 Å². The number of halogens is 6. The van der Waals surface area contributed by atoms with Gasteiger partial charge in [0.1, 0.15) is 26.6 Å². The third-order valence-corrected chi connectivity index (χ3v) is 1.69. The molecule has 0 aliphatic carbocycles. The molecule has 21 heavy (non-hydrogen) atoms. The summed E-state index contributed by atoms with van der Waals surface area (Å²) in [5.41, 5.74) is 0. The van der Waals surface area contributed by atoms with Gasteiger partial charge in [-0.2, -0.15) is 17.6 Å². The van der Waals surface area contributed by atoms with E-state index in [1.165, 1.54) is 0 Å². The van der Waals surface area contributed by atoms with Gasteiger partial charge in [0, 0.05) is 0 Å². The van der Waals surface area contributed by atoms with Crippen molar-refractivity contribution < 1.29 is 50.0 Å². The highest BCUT2D eigenvalue weighted by Gasteiger charge is 2.35. The molecule has 0 aromatic heterocycles. The molecule has 0 fully saturated rings. The zero-order valence-electron chi connectivity index (χ0n) is 11.0. The van der Waals surface area contributed by atoms with Crippen LogP contribution in [0.5, 0.6) is 0 Å². The van der Waals surface area contributed by atoms with Crippen LogP contribution in [0.15, 0.2) is 0 Å². The van der Waals surface area contributed by atoms with E-state index in [0.717, 1.165) is 0 Å². The summed E-state index contributed by atoms with van der Waals surface area (Å²) >= 11 is 0. The zero-order valence-corrected chi connectivity index (χ0v) is 11.0. The summed E-state index contributed by atoms with van der Waals surface area (Å²) in [6, 6.07) is 0. The second-order valence-electron chi connectivity index (χ2n) is 3.49. The fraction of sp³-hybridized carbons (Fsp3) is 1.00. The first-order valence-electron chi connectivity index (χ1n) is 5.72. The summed E-state index contributed by atoms with van der Waals surface area (Å²) in [5, 5.41) is 0. The third-order valence-electron chi connectivity index (χ3n) is 1.69. The van der Waals surface area contributed by atoms with E-state index < -0.39 is 65.6 Å². The van der Waals surface area contributed by atoms with E-state index in [4.69, 9.17) is 0 Å². The number of ether oxygens (including phenoxy) is 5. The van der Waals surface area contributed by atoms with Crippen molar-refractivity contribution in [3.63, 3.8) is 0 Å². The third kappa shape index (κ3) is 12.8. The second-order valence-corrected chi connectivity index (χ2v) is 3.49. The van der Waals surface area contributed by atoms with E-state index in [2.05, 4.69) is 23.7 Å². The van der Waals surface area contributed by atoms with Gasteiger partial charge in [-0.1, -0.05) is 0 Å². The maximum atomic E-state index is 12.9. The molecule has 0 spiro atoms. The fourth-order valence-electron chi connectivity index (χ4n) is 0.855. The van der Waals surface area contributed by atoms with Crippen LogP contribution in [0.2, 0.25) is 0 Å². The lowest BCUT2D eigenvalue weighted by atomic mass is 10.6. The lowest BCUT2D eigenvalue weighted by molar-refractivity contribution is -0.325. The lowest BCUT2D eigenvalue weighted by Gasteiger charge is -2.20. The molecule has 0 rings (SSSR count). The minimum atomic E-state index is -3.88. The molecular formula is C10H16F6O5. The highest BCUT2D eigenvalue weighted by Crippen LogP contribution is 2.20. The smallest absolute Gasteiger partial charge is 0.363 e. The maximum absolute atomic E-state index is 12.9. The zero-order chi connectivity index (χ0) is 16.2. The van der Waals surface area contributed by atoms with Gasteiger partial charge < -0.3 is 14.2 Å². The summed E-state index contributed by atoms with van der Waals surface area (Å²) in [5.74, 6) is 0. The molecule has 0 aromatic rings. The van der Waals surface area contributed by atoms with Gasteiger partial charge in [0.25, 0.3) is 0 Å². The number of hydrogen-bond acceptors (Lipinski definition) is 5. The van der Waals surface area contributed by atoms with Crippen molar-refractivity contribution in [2.24, 2.45) is 0 Å². The van der Waals surface area contributed by atoms with Gasteiger partial charge in [-0.15, -0.1) is 0 Å². The van der Waals surface area contributed by atoms with Crippen LogP contribution in [-0.2, 0) is 23.7 Å². The molecule has 0 bridgehead atoms. The minimum absolute atomic E-state index is 0.429. The van der Waals surface area contributed by atoms with Crippen molar-refractivity contribution in [1.29, 1.82) is 0 Å². The maximum Gasteiger partial charge on any atom is 0.380 e. The average Bonchev–Trinajstić information content (AvgIpc) is 2.39. The van der Waals surface area contributed by atoms with Crippen LogP contribution in [0.4, 0.5) is 26.3 Å². The van der Waals surface area contributed by atoms with Gasteiger partial charge in [0.15, 0.2) is 13.6 Å². The monoisotopic (exact) mass is 330 g/mol. The Bertz CT molecular complexity index is 232. The Morgan fingerprint density at radius 3 is 1.33 bits per heavy atom. The van der Waals surface area contributed by atoms with Gasteiger partial charge in [-0.3, -0.25) is 9.47 Å². The average molecular weight is 330 g/mol. The van der Waals surface area contributed by atoms with Crippen LogP contribution >= 0.6 is 0 Å². The molecule has 0 aromatic carbocycles. The van der Waals surface area contributed by atoms with Gasteiger partial charge in [-0.05, 0) is 0 Å². The molecule has 0 saturated carbocycles. The summed E-state index contributed by atoms with van der Waals surface area (Å²) in [6.45, 7) is -7.39. The Morgan fingerprint density at radius 1 is 0.619 bits per heavy atom. The Morgan fingerprint density at radius 2 is 1.00 bits per heavy atom. The molecular weight excluding hydrogens is 314 g/mol. The Kier molecular flexibility index (Phi) is 10.7. The molecule has 0 N–H and O–H groups in total. The summed E-state index contributed by atoms with van der Waals surface area (Å²) in [6.07, 6.45) is -7.76. The van der Waals surface area contributed by atoms with E-state index in [0.29, 0.717) is 0 Å². The van der Waals surface area contributed by atoms with Crippen LogP contribution in [-0.4, -0.2) is 65.6 Å². The van der Waals surface area contributed by atoms with E-state index >= 15 is 0 Å². The summed E-state index contributed by atoms with van der Waals surface area (Å²) in [7, 11) is 0. The van der Waals surface area contributed by atoms with Crippen molar-refractivity contribution >= 4 is 0 Å². The van der Waals surface area contributed by atoms with Crippen molar-refractivity contribution in [2.75, 3.05) is 53.4 Å². The molecule has 5 nitrogen and oxygen atoms in total. The Labute approximate surface area is 117 Å². The van der Waals surface area contributed by atoms with E-state index in [9.17, 15) is 26.3 Å². The van der Waals surface area contributed by atoms with Crippen molar-refractivity contribution in [1.82, 2.24) is 0 Å². The molecule has 0 amide bonds. The highest BCUT2D eigenvalue weighted by atomic mass is 19.3. The fourth-order valence-corrected chi connectivity index (χ4v) is 0.855. The first-order valence-corrected chi connectivity index (χ1v) is 5.72. The van der Waals surface area contributed by atoms with Gasteiger partial charge in [0.2, 0.25) is 0 Å². The number of rotatable bonds is 14. The largest absolute Gasteiger partial charge is 0.380 e. The quantitative estimate of drug-likeness (QED) is 0.277. The van der Waals surface area contributed by atoms with Gasteiger partial charge >= 0.3 is 12.2 Å². The van der Waals surface area contributed by atoms with Crippen molar-refractivity contribution in [3.8, 4) is 0 Å². The Balaban J connectivity index is 3.77.